The minimum atomic E-state index is -0.474. The molecule has 6 nitrogen and oxygen atoms in total. The van der Waals surface area contributed by atoms with Crippen molar-refractivity contribution in [2.24, 2.45) is 0 Å². The van der Waals surface area contributed by atoms with Gasteiger partial charge in [0.25, 0.3) is 0 Å². The van der Waals surface area contributed by atoms with Crippen LogP contribution in [-0.2, 0) is 4.74 Å². The average molecular weight is 370 g/mol. The summed E-state index contributed by atoms with van der Waals surface area (Å²) in [6.07, 6.45) is 1.51. The standard InChI is InChI=1S/C15H20BrN3O3/c1-15(2,3)22-14(20)18-4-5-19-11(8-18)9-21-12-6-10(16)7-17-13(12)19/h6-7,11H,4-5,8-9H2,1-3H3/t11-/m0/s1. The quantitative estimate of drug-likeness (QED) is 0.703. The Kier molecular flexibility index (Phi) is 3.92. The van der Waals surface area contributed by atoms with Gasteiger partial charge in [-0.25, -0.2) is 9.78 Å². The number of hydrogen-bond donors (Lipinski definition) is 0. The van der Waals surface area contributed by atoms with E-state index in [0.29, 0.717) is 19.7 Å². The maximum atomic E-state index is 12.2. The number of fused-ring (bicyclic) bond motifs is 3. The fourth-order valence-corrected chi connectivity index (χ4v) is 3.00. The topological polar surface area (TPSA) is 54.9 Å². The molecule has 0 aromatic carbocycles. The Labute approximate surface area is 138 Å². The third kappa shape index (κ3) is 3.14. The second kappa shape index (κ2) is 5.61. The molecule has 0 spiro atoms. The van der Waals surface area contributed by atoms with Crippen LogP contribution in [0.25, 0.3) is 0 Å². The molecule has 1 atom stereocenters. The largest absolute Gasteiger partial charge is 0.487 e. The first-order valence-corrected chi connectivity index (χ1v) is 8.16. The summed E-state index contributed by atoms with van der Waals surface area (Å²) in [4.78, 5) is 20.6. The maximum Gasteiger partial charge on any atom is 0.410 e. The zero-order valence-electron chi connectivity index (χ0n) is 13.0. The molecule has 120 valence electrons. The number of carbonyl (C=O) groups excluding carboxylic acids is 1. The second-order valence-electron chi connectivity index (χ2n) is 6.56. The van der Waals surface area contributed by atoms with E-state index in [1.165, 1.54) is 0 Å². The highest BCUT2D eigenvalue weighted by Gasteiger charge is 2.36. The SMILES string of the molecule is CC(C)(C)OC(=O)N1CCN2c3ncc(Br)cc3OC[C@@H]2C1. The summed E-state index contributed by atoms with van der Waals surface area (Å²) in [7, 11) is 0. The maximum absolute atomic E-state index is 12.2. The fourth-order valence-electron chi connectivity index (χ4n) is 2.69. The number of piperazine rings is 1. The van der Waals surface area contributed by atoms with Gasteiger partial charge in [-0.05, 0) is 42.8 Å². The van der Waals surface area contributed by atoms with Gasteiger partial charge in [-0.15, -0.1) is 0 Å². The van der Waals surface area contributed by atoms with E-state index in [2.05, 4.69) is 25.8 Å². The van der Waals surface area contributed by atoms with Crippen molar-refractivity contribution in [3.63, 3.8) is 0 Å². The molecule has 1 fully saturated rings. The summed E-state index contributed by atoms with van der Waals surface area (Å²) in [5.41, 5.74) is -0.474. The van der Waals surface area contributed by atoms with E-state index in [0.717, 1.165) is 22.6 Å². The molecule has 22 heavy (non-hydrogen) atoms. The zero-order valence-corrected chi connectivity index (χ0v) is 14.6. The predicted octanol–water partition coefficient (Wildman–Crippen LogP) is 2.66. The molecule has 0 radical (unpaired) electrons. The average Bonchev–Trinajstić information content (AvgIpc) is 2.44. The highest BCUT2D eigenvalue weighted by atomic mass is 79.9. The Hall–Kier alpha value is -1.50. The van der Waals surface area contributed by atoms with Crippen molar-refractivity contribution in [2.45, 2.75) is 32.4 Å². The first kappa shape index (κ1) is 15.4. The summed E-state index contributed by atoms with van der Waals surface area (Å²) < 4.78 is 12.1. The predicted molar refractivity (Wildman–Crippen MR) is 86.4 cm³/mol. The van der Waals surface area contributed by atoms with Crippen LogP contribution in [0.3, 0.4) is 0 Å². The smallest absolute Gasteiger partial charge is 0.410 e. The van der Waals surface area contributed by atoms with Crippen LogP contribution >= 0.6 is 15.9 Å². The van der Waals surface area contributed by atoms with Gasteiger partial charge >= 0.3 is 6.09 Å². The molecule has 0 unspecified atom stereocenters. The number of rotatable bonds is 0. The summed E-state index contributed by atoms with van der Waals surface area (Å²) in [5.74, 6) is 1.64. The molecule has 0 bridgehead atoms. The minimum Gasteiger partial charge on any atom is -0.487 e. The van der Waals surface area contributed by atoms with Crippen LogP contribution in [0.15, 0.2) is 16.7 Å². The van der Waals surface area contributed by atoms with Gasteiger partial charge in [-0.2, -0.15) is 0 Å². The number of amides is 1. The van der Waals surface area contributed by atoms with Crippen molar-refractivity contribution in [1.82, 2.24) is 9.88 Å². The molecule has 1 amide bonds. The summed E-state index contributed by atoms with van der Waals surface area (Å²) >= 11 is 3.40. The van der Waals surface area contributed by atoms with Gasteiger partial charge in [0.1, 0.15) is 12.2 Å². The number of carbonyl (C=O) groups is 1. The molecule has 2 aliphatic rings. The van der Waals surface area contributed by atoms with E-state index in [-0.39, 0.29) is 12.1 Å². The molecule has 1 saturated heterocycles. The van der Waals surface area contributed by atoms with Crippen LogP contribution < -0.4 is 9.64 Å². The molecule has 7 heteroatoms. The van der Waals surface area contributed by atoms with Gasteiger partial charge < -0.3 is 19.3 Å². The van der Waals surface area contributed by atoms with Crippen molar-refractivity contribution in [2.75, 3.05) is 31.1 Å². The molecule has 3 heterocycles. The van der Waals surface area contributed by atoms with Gasteiger partial charge in [0, 0.05) is 30.3 Å². The molecule has 2 aliphatic heterocycles. The Morgan fingerprint density at radius 3 is 2.95 bits per heavy atom. The number of nitrogens with zero attached hydrogens (tertiary/aromatic N) is 3. The number of aromatic nitrogens is 1. The minimum absolute atomic E-state index is 0.113. The number of pyridine rings is 1. The van der Waals surface area contributed by atoms with Crippen LogP contribution in [-0.4, -0.2) is 53.9 Å². The Morgan fingerprint density at radius 1 is 1.45 bits per heavy atom. The number of halogens is 1. The number of ether oxygens (including phenoxy) is 2. The van der Waals surface area contributed by atoms with Crippen molar-refractivity contribution in [3.05, 3.63) is 16.7 Å². The Bertz CT molecular complexity index is 588. The normalized spacial score (nSPS) is 20.8. The van der Waals surface area contributed by atoms with Gasteiger partial charge in [-0.3, -0.25) is 0 Å². The van der Waals surface area contributed by atoms with Crippen molar-refractivity contribution in [1.29, 1.82) is 0 Å². The molecule has 1 aromatic heterocycles. The lowest BCUT2D eigenvalue weighted by Crippen LogP contribution is -2.59. The van der Waals surface area contributed by atoms with Crippen molar-refractivity contribution < 1.29 is 14.3 Å². The van der Waals surface area contributed by atoms with E-state index >= 15 is 0 Å². The second-order valence-corrected chi connectivity index (χ2v) is 7.48. The van der Waals surface area contributed by atoms with E-state index in [1.807, 2.05) is 26.8 Å². The lowest BCUT2D eigenvalue weighted by atomic mass is 10.1. The Balaban J connectivity index is 1.71. The molecular formula is C15H20BrN3O3. The third-order valence-corrected chi connectivity index (χ3v) is 4.07. The van der Waals surface area contributed by atoms with Gasteiger partial charge in [0.15, 0.2) is 11.6 Å². The van der Waals surface area contributed by atoms with Gasteiger partial charge in [0.2, 0.25) is 0 Å². The molecule has 1 aromatic rings. The molecule has 0 aliphatic carbocycles. The van der Waals surface area contributed by atoms with E-state index in [4.69, 9.17) is 9.47 Å². The highest BCUT2D eigenvalue weighted by Crippen LogP contribution is 2.35. The first-order valence-electron chi connectivity index (χ1n) is 7.36. The van der Waals surface area contributed by atoms with Gasteiger partial charge in [-0.1, -0.05) is 0 Å². The molecule has 0 saturated carbocycles. The van der Waals surface area contributed by atoms with Crippen LogP contribution in [0.1, 0.15) is 20.8 Å². The first-order chi connectivity index (χ1) is 10.3. The Morgan fingerprint density at radius 2 is 2.23 bits per heavy atom. The summed E-state index contributed by atoms with van der Waals surface area (Å²) in [6, 6.07) is 2.04. The molecular weight excluding hydrogens is 350 g/mol. The van der Waals surface area contributed by atoms with Crippen LogP contribution in [0.5, 0.6) is 5.75 Å². The van der Waals surface area contributed by atoms with E-state index in [1.54, 1.807) is 11.1 Å². The van der Waals surface area contributed by atoms with E-state index in [9.17, 15) is 4.79 Å². The fraction of sp³-hybridized carbons (Fsp3) is 0.600. The third-order valence-electron chi connectivity index (χ3n) is 3.64. The van der Waals surface area contributed by atoms with Crippen molar-refractivity contribution in [3.8, 4) is 5.75 Å². The van der Waals surface area contributed by atoms with E-state index < -0.39 is 5.60 Å². The van der Waals surface area contributed by atoms with Crippen molar-refractivity contribution >= 4 is 27.8 Å². The highest BCUT2D eigenvalue weighted by molar-refractivity contribution is 9.10. The summed E-state index contributed by atoms with van der Waals surface area (Å²) in [5, 5.41) is 0. The summed E-state index contributed by atoms with van der Waals surface area (Å²) in [6.45, 7) is 8.13. The monoisotopic (exact) mass is 369 g/mol. The lowest BCUT2D eigenvalue weighted by molar-refractivity contribution is 0.0194. The van der Waals surface area contributed by atoms with Crippen LogP contribution in [0.4, 0.5) is 10.6 Å². The molecule has 3 rings (SSSR count). The lowest BCUT2D eigenvalue weighted by Gasteiger charge is -2.44. The van der Waals surface area contributed by atoms with Crippen LogP contribution in [0.2, 0.25) is 0 Å². The van der Waals surface area contributed by atoms with Crippen LogP contribution in [0, 0.1) is 0 Å². The zero-order chi connectivity index (χ0) is 15.9. The van der Waals surface area contributed by atoms with Gasteiger partial charge in [0.05, 0.1) is 6.04 Å². The number of hydrogen-bond acceptors (Lipinski definition) is 5. The molecule has 0 N–H and O–H groups in total. The number of anilines is 1.